The zero-order chi connectivity index (χ0) is 27.0. The van der Waals surface area contributed by atoms with Crippen LogP contribution in [0.1, 0.15) is 49.3 Å². The van der Waals surface area contributed by atoms with E-state index in [-0.39, 0.29) is 54.8 Å². The molecule has 11 heteroatoms. The molecule has 1 aliphatic carbocycles. The van der Waals surface area contributed by atoms with Crippen molar-refractivity contribution in [3.05, 3.63) is 58.5 Å². The number of thiophene rings is 1. The molecule has 0 radical (unpaired) electrons. The number of ether oxygens (including phenoxy) is 3. The lowest BCUT2D eigenvalue weighted by Gasteiger charge is -2.30. The van der Waals surface area contributed by atoms with E-state index in [2.05, 4.69) is 5.32 Å². The quantitative estimate of drug-likeness (QED) is 0.405. The van der Waals surface area contributed by atoms with Crippen molar-refractivity contribution in [2.75, 3.05) is 33.4 Å². The van der Waals surface area contributed by atoms with E-state index in [9.17, 15) is 18.3 Å². The minimum atomic E-state index is -3.85. The second kappa shape index (κ2) is 13.6. The maximum absolute atomic E-state index is 13.2. The lowest BCUT2D eigenvalue weighted by atomic mass is 9.95. The van der Waals surface area contributed by atoms with E-state index in [0.29, 0.717) is 12.2 Å². The molecule has 1 fully saturated rings. The standard InChI is InChI=1S/C27H36N2O7S2/c1-34-22-9-11-23(12-10-22)38(32,33)29(13-15-30)14-16-35-26-19-20(25-8-5-17-37-25)18-24(36-26)27(31)28-21-6-3-2-4-7-21/h5,8-12,17-18,20-21,26,30H,2-4,6-7,13-16,19H2,1H3,(H,28,31)/t20-,26+/m0/s1. The van der Waals surface area contributed by atoms with E-state index >= 15 is 0 Å². The van der Waals surface area contributed by atoms with Crippen LogP contribution in [0.2, 0.25) is 0 Å². The van der Waals surface area contributed by atoms with E-state index in [0.717, 1.165) is 30.6 Å². The molecule has 0 saturated heterocycles. The Hall–Kier alpha value is -2.44. The topological polar surface area (TPSA) is 114 Å². The molecule has 9 nitrogen and oxygen atoms in total. The first-order chi connectivity index (χ1) is 18.4. The molecule has 38 heavy (non-hydrogen) atoms. The average molecular weight is 565 g/mol. The van der Waals surface area contributed by atoms with Gasteiger partial charge in [-0.05, 0) is 54.6 Å². The Kier molecular flexibility index (Phi) is 10.2. The molecule has 2 aliphatic rings. The van der Waals surface area contributed by atoms with Gasteiger partial charge in [0, 0.05) is 36.3 Å². The molecule has 1 saturated carbocycles. The summed E-state index contributed by atoms with van der Waals surface area (Å²) < 4.78 is 44.6. The first-order valence-electron chi connectivity index (χ1n) is 13.0. The minimum Gasteiger partial charge on any atom is -0.497 e. The molecule has 1 amide bonds. The van der Waals surface area contributed by atoms with Crippen LogP contribution >= 0.6 is 11.3 Å². The number of benzene rings is 1. The van der Waals surface area contributed by atoms with Crippen LogP contribution in [0, 0.1) is 0 Å². The first-order valence-corrected chi connectivity index (χ1v) is 15.3. The molecule has 2 N–H and O–H groups in total. The van der Waals surface area contributed by atoms with Crippen LogP contribution in [0.15, 0.2) is 58.5 Å². The van der Waals surface area contributed by atoms with E-state index in [1.54, 1.807) is 23.5 Å². The van der Waals surface area contributed by atoms with Gasteiger partial charge in [0.25, 0.3) is 5.91 Å². The molecule has 0 spiro atoms. The molecule has 0 unspecified atom stereocenters. The number of aliphatic hydroxyl groups excluding tert-OH is 1. The molecule has 4 rings (SSSR count). The summed E-state index contributed by atoms with van der Waals surface area (Å²) in [4.78, 5) is 14.3. The van der Waals surface area contributed by atoms with Crippen LogP contribution < -0.4 is 10.1 Å². The van der Waals surface area contributed by atoms with E-state index < -0.39 is 16.3 Å². The number of carbonyl (C=O) groups excluding carboxylic acids is 1. The highest BCUT2D eigenvalue weighted by Crippen LogP contribution is 2.34. The number of nitrogens with zero attached hydrogens (tertiary/aromatic N) is 1. The Morgan fingerprint density at radius 2 is 1.92 bits per heavy atom. The SMILES string of the molecule is COc1ccc(S(=O)(=O)N(CCO)CCO[C@H]2C[C@@H](c3cccs3)C=C(C(=O)NC3CCCCC3)O2)cc1. The Balaban J connectivity index is 1.40. The number of aliphatic hydroxyl groups is 1. The van der Waals surface area contributed by atoms with Crippen molar-refractivity contribution in [1.82, 2.24) is 9.62 Å². The van der Waals surface area contributed by atoms with Gasteiger partial charge in [0.05, 0.1) is 25.2 Å². The maximum Gasteiger partial charge on any atom is 0.286 e. The van der Waals surface area contributed by atoms with E-state index in [1.807, 2.05) is 23.6 Å². The second-order valence-corrected chi connectivity index (χ2v) is 12.3. The normalized spacial score (nSPS) is 20.6. The van der Waals surface area contributed by atoms with Crippen LogP contribution in [0.4, 0.5) is 0 Å². The van der Waals surface area contributed by atoms with Crippen molar-refractivity contribution in [3.8, 4) is 5.75 Å². The van der Waals surface area contributed by atoms with Gasteiger partial charge >= 0.3 is 0 Å². The molecule has 0 bridgehead atoms. The minimum absolute atomic E-state index is 0.0196. The van der Waals surface area contributed by atoms with Crippen molar-refractivity contribution >= 4 is 27.3 Å². The summed E-state index contributed by atoms with van der Waals surface area (Å²) in [6.07, 6.45) is 7.01. The van der Waals surface area contributed by atoms with Crippen molar-refractivity contribution < 1.29 is 32.5 Å². The molecule has 208 valence electrons. The Bertz CT molecular complexity index is 1160. The Morgan fingerprint density at radius 3 is 2.58 bits per heavy atom. The van der Waals surface area contributed by atoms with Crippen molar-refractivity contribution in [1.29, 1.82) is 0 Å². The van der Waals surface area contributed by atoms with Gasteiger partial charge in [0.15, 0.2) is 5.76 Å². The Labute approximate surface area is 228 Å². The lowest BCUT2D eigenvalue weighted by Crippen LogP contribution is -2.40. The fraction of sp³-hybridized carbons (Fsp3) is 0.519. The van der Waals surface area contributed by atoms with Gasteiger partial charge in [0.1, 0.15) is 5.75 Å². The predicted octanol–water partition coefficient (Wildman–Crippen LogP) is 3.62. The monoisotopic (exact) mass is 564 g/mol. The summed E-state index contributed by atoms with van der Waals surface area (Å²) in [6.45, 7) is -0.347. The third-order valence-corrected chi connectivity index (χ3v) is 9.74. The lowest BCUT2D eigenvalue weighted by molar-refractivity contribution is -0.146. The summed E-state index contributed by atoms with van der Waals surface area (Å²) in [6, 6.07) is 10.2. The smallest absolute Gasteiger partial charge is 0.286 e. The van der Waals surface area contributed by atoms with E-state index in [1.165, 1.54) is 30.0 Å². The number of amides is 1. The summed E-state index contributed by atoms with van der Waals surface area (Å²) in [7, 11) is -2.35. The number of methoxy groups -OCH3 is 1. The van der Waals surface area contributed by atoms with Crippen LogP contribution in [-0.2, 0) is 24.3 Å². The van der Waals surface area contributed by atoms with Gasteiger partial charge in [-0.15, -0.1) is 11.3 Å². The molecule has 2 aromatic rings. The molecule has 1 aromatic heterocycles. The summed E-state index contributed by atoms with van der Waals surface area (Å²) in [5.41, 5.74) is 0. The van der Waals surface area contributed by atoms with Gasteiger partial charge in [-0.3, -0.25) is 4.79 Å². The van der Waals surface area contributed by atoms with Crippen LogP contribution in [0.5, 0.6) is 5.75 Å². The highest BCUT2D eigenvalue weighted by atomic mass is 32.2. The summed E-state index contributed by atoms with van der Waals surface area (Å²) in [5, 5.41) is 14.6. The largest absolute Gasteiger partial charge is 0.497 e. The molecule has 1 aromatic carbocycles. The van der Waals surface area contributed by atoms with Crippen LogP contribution in [0.25, 0.3) is 0 Å². The zero-order valence-electron chi connectivity index (χ0n) is 21.6. The van der Waals surface area contributed by atoms with Gasteiger partial charge in [-0.25, -0.2) is 8.42 Å². The molecule has 1 aliphatic heterocycles. The third kappa shape index (κ3) is 7.35. The number of nitrogens with one attached hydrogen (secondary N) is 1. The number of hydrogen-bond acceptors (Lipinski definition) is 8. The van der Waals surface area contributed by atoms with Gasteiger partial charge in [0.2, 0.25) is 16.3 Å². The Morgan fingerprint density at radius 1 is 1.16 bits per heavy atom. The molecule has 2 atom stereocenters. The fourth-order valence-corrected chi connectivity index (χ4v) is 6.99. The summed E-state index contributed by atoms with van der Waals surface area (Å²) in [5.74, 6) is 0.503. The third-order valence-electron chi connectivity index (χ3n) is 6.82. The molecular weight excluding hydrogens is 528 g/mol. The first kappa shape index (κ1) is 28.6. The van der Waals surface area contributed by atoms with E-state index in [4.69, 9.17) is 14.2 Å². The van der Waals surface area contributed by atoms with Gasteiger partial charge in [-0.1, -0.05) is 25.3 Å². The zero-order valence-corrected chi connectivity index (χ0v) is 23.2. The fourth-order valence-electron chi connectivity index (χ4n) is 4.77. The average Bonchev–Trinajstić information content (AvgIpc) is 3.48. The molecular formula is C27H36N2O7S2. The predicted molar refractivity (Wildman–Crippen MR) is 144 cm³/mol. The second-order valence-electron chi connectivity index (χ2n) is 9.42. The highest BCUT2D eigenvalue weighted by molar-refractivity contribution is 7.89. The number of hydrogen-bond donors (Lipinski definition) is 2. The van der Waals surface area contributed by atoms with Crippen molar-refractivity contribution in [2.24, 2.45) is 0 Å². The number of carbonyl (C=O) groups is 1. The molecule has 2 heterocycles. The maximum atomic E-state index is 13.2. The van der Waals surface area contributed by atoms with Gasteiger partial charge in [-0.2, -0.15) is 4.31 Å². The number of sulfonamides is 1. The summed E-state index contributed by atoms with van der Waals surface area (Å²) >= 11 is 1.61. The highest BCUT2D eigenvalue weighted by Gasteiger charge is 2.31. The van der Waals surface area contributed by atoms with Crippen molar-refractivity contribution in [3.63, 3.8) is 0 Å². The number of allylic oxidation sites excluding steroid dienone is 1. The number of rotatable bonds is 12. The van der Waals surface area contributed by atoms with Gasteiger partial charge < -0.3 is 24.6 Å². The van der Waals surface area contributed by atoms with Crippen LogP contribution in [-0.4, -0.2) is 69.5 Å². The van der Waals surface area contributed by atoms with Crippen LogP contribution in [0.3, 0.4) is 0 Å². The van der Waals surface area contributed by atoms with Crippen molar-refractivity contribution in [2.45, 2.75) is 61.7 Å².